The molecule has 1 aromatic heterocycles. The summed E-state index contributed by atoms with van der Waals surface area (Å²) in [5.74, 6) is 0.831. The summed E-state index contributed by atoms with van der Waals surface area (Å²) in [6, 6.07) is 12.1. The Balaban J connectivity index is 1.82. The van der Waals surface area contributed by atoms with E-state index in [1.165, 1.54) is 5.56 Å². The zero-order valence-electron chi connectivity index (χ0n) is 16.6. The van der Waals surface area contributed by atoms with E-state index in [2.05, 4.69) is 39.0 Å². The summed E-state index contributed by atoms with van der Waals surface area (Å²) in [5, 5.41) is 0. The molecule has 0 spiro atoms. The third-order valence-corrected chi connectivity index (χ3v) is 4.29. The molecule has 4 nitrogen and oxygen atoms in total. The minimum atomic E-state index is -0.460. The van der Waals surface area contributed by atoms with Gasteiger partial charge in [0.15, 0.2) is 12.6 Å². The first-order chi connectivity index (χ1) is 12.1. The summed E-state index contributed by atoms with van der Waals surface area (Å²) >= 11 is 0. The van der Waals surface area contributed by atoms with E-state index in [0.29, 0.717) is 6.42 Å². The molecule has 2 aromatic rings. The fraction of sp³-hybridized carbons (Fsp3) is 0.545. The molecule has 0 saturated carbocycles. The van der Waals surface area contributed by atoms with Crippen LogP contribution in [-0.2, 0) is 20.6 Å². The Morgan fingerprint density at radius 1 is 0.962 bits per heavy atom. The van der Waals surface area contributed by atoms with Gasteiger partial charge in [0, 0.05) is 5.56 Å². The smallest absolute Gasteiger partial charge is 0.187 e. The topological polar surface area (TPSA) is 40.8 Å². The SMILES string of the molecule is CC(C)(C)OC(Cc1ccco1)OC1OC(C(C)(C)C)c2ccccc21. The molecular formula is C22H30O4. The molecule has 0 amide bonds. The highest BCUT2D eigenvalue weighted by Gasteiger charge is 2.40. The molecule has 0 radical (unpaired) electrons. The van der Waals surface area contributed by atoms with Crippen molar-refractivity contribution < 1.29 is 18.6 Å². The molecule has 0 N–H and O–H groups in total. The molecule has 1 aromatic carbocycles. The minimum absolute atomic E-state index is 0.0115. The van der Waals surface area contributed by atoms with Crippen molar-refractivity contribution in [1.82, 2.24) is 0 Å². The van der Waals surface area contributed by atoms with Crippen LogP contribution >= 0.6 is 0 Å². The van der Waals surface area contributed by atoms with Crippen molar-refractivity contribution in [3.8, 4) is 0 Å². The predicted octanol–water partition coefficient (Wildman–Crippen LogP) is 5.80. The van der Waals surface area contributed by atoms with Crippen molar-refractivity contribution in [1.29, 1.82) is 0 Å². The minimum Gasteiger partial charge on any atom is -0.469 e. The van der Waals surface area contributed by atoms with Crippen LogP contribution in [0, 0.1) is 5.41 Å². The van der Waals surface area contributed by atoms with Gasteiger partial charge in [-0.1, -0.05) is 45.0 Å². The first-order valence-corrected chi connectivity index (χ1v) is 9.23. The van der Waals surface area contributed by atoms with Gasteiger partial charge in [0.25, 0.3) is 0 Å². The van der Waals surface area contributed by atoms with Crippen molar-refractivity contribution in [2.24, 2.45) is 5.41 Å². The quantitative estimate of drug-likeness (QED) is 0.634. The third-order valence-electron chi connectivity index (χ3n) is 4.29. The van der Waals surface area contributed by atoms with E-state index in [1.807, 2.05) is 39.0 Å². The van der Waals surface area contributed by atoms with Crippen LogP contribution in [0.15, 0.2) is 47.1 Å². The van der Waals surface area contributed by atoms with Crippen LogP contribution in [0.25, 0.3) is 0 Å². The van der Waals surface area contributed by atoms with Crippen LogP contribution in [-0.4, -0.2) is 11.9 Å². The van der Waals surface area contributed by atoms with E-state index >= 15 is 0 Å². The van der Waals surface area contributed by atoms with Crippen LogP contribution in [0.2, 0.25) is 0 Å². The Kier molecular flexibility index (Phi) is 5.29. The average Bonchev–Trinajstić information content (AvgIpc) is 3.13. The molecule has 3 rings (SSSR count). The highest BCUT2D eigenvalue weighted by molar-refractivity contribution is 5.34. The number of furan rings is 1. The molecule has 2 heterocycles. The Bertz CT molecular complexity index is 706. The summed E-state index contributed by atoms with van der Waals surface area (Å²) in [7, 11) is 0. The summed E-state index contributed by atoms with van der Waals surface area (Å²) < 4.78 is 24.3. The normalized spacial score (nSPS) is 21.6. The molecule has 0 bridgehead atoms. The zero-order valence-corrected chi connectivity index (χ0v) is 16.6. The second-order valence-corrected chi connectivity index (χ2v) is 8.92. The van der Waals surface area contributed by atoms with Crippen molar-refractivity contribution in [2.75, 3.05) is 0 Å². The van der Waals surface area contributed by atoms with Crippen LogP contribution < -0.4 is 0 Å². The number of hydrogen-bond donors (Lipinski definition) is 0. The van der Waals surface area contributed by atoms with E-state index in [4.69, 9.17) is 18.6 Å². The highest BCUT2D eigenvalue weighted by Crippen LogP contribution is 2.48. The summed E-state index contributed by atoms with van der Waals surface area (Å²) in [6.45, 7) is 12.6. The first-order valence-electron chi connectivity index (χ1n) is 9.23. The molecule has 142 valence electrons. The molecule has 26 heavy (non-hydrogen) atoms. The van der Waals surface area contributed by atoms with Gasteiger partial charge in [0.2, 0.25) is 0 Å². The fourth-order valence-corrected chi connectivity index (χ4v) is 3.25. The van der Waals surface area contributed by atoms with Gasteiger partial charge < -0.3 is 18.6 Å². The number of fused-ring (bicyclic) bond motifs is 1. The average molecular weight is 358 g/mol. The van der Waals surface area contributed by atoms with Gasteiger partial charge in [-0.25, -0.2) is 0 Å². The standard InChI is InChI=1S/C22H30O4/c1-21(2,3)19-16-11-7-8-12-17(16)20(25-19)24-18(26-22(4,5)6)14-15-10-9-13-23-15/h7-13,18-20H,14H2,1-6H3. The number of rotatable bonds is 5. The van der Waals surface area contributed by atoms with Gasteiger partial charge in [-0.15, -0.1) is 0 Å². The van der Waals surface area contributed by atoms with Gasteiger partial charge >= 0.3 is 0 Å². The second-order valence-electron chi connectivity index (χ2n) is 8.92. The molecule has 0 fully saturated rings. The summed E-state index contributed by atoms with van der Waals surface area (Å²) in [5.41, 5.74) is 1.92. The fourth-order valence-electron chi connectivity index (χ4n) is 3.25. The summed E-state index contributed by atoms with van der Waals surface area (Å²) in [4.78, 5) is 0. The maximum absolute atomic E-state index is 6.33. The van der Waals surface area contributed by atoms with Crippen LogP contribution in [0.5, 0.6) is 0 Å². The Labute approximate surface area is 156 Å². The maximum Gasteiger partial charge on any atom is 0.187 e. The van der Waals surface area contributed by atoms with Crippen molar-refractivity contribution in [3.05, 3.63) is 59.5 Å². The van der Waals surface area contributed by atoms with Crippen molar-refractivity contribution in [3.63, 3.8) is 0 Å². The lowest BCUT2D eigenvalue weighted by Gasteiger charge is -2.31. The van der Waals surface area contributed by atoms with Crippen molar-refractivity contribution in [2.45, 2.75) is 72.2 Å². The van der Waals surface area contributed by atoms with E-state index in [0.717, 1.165) is 11.3 Å². The van der Waals surface area contributed by atoms with Crippen LogP contribution in [0.4, 0.5) is 0 Å². The lowest BCUT2D eigenvalue weighted by Crippen LogP contribution is -2.32. The van der Waals surface area contributed by atoms with Crippen LogP contribution in [0.1, 0.15) is 70.8 Å². The van der Waals surface area contributed by atoms with E-state index in [-0.39, 0.29) is 17.1 Å². The zero-order chi connectivity index (χ0) is 18.9. The molecule has 0 aliphatic carbocycles. The number of benzene rings is 1. The van der Waals surface area contributed by atoms with E-state index < -0.39 is 12.6 Å². The Morgan fingerprint density at radius 3 is 2.23 bits per heavy atom. The monoisotopic (exact) mass is 358 g/mol. The predicted molar refractivity (Wildman–Crippen MR) is 101 cm³/mol. The van der Waals surface area contributed by atoms with Crippen LogP contribution in [0.3, 0.4) is 0 Å². The van der Waals surface area contributed by atoms with Gasteiger partial charge in [-0.2, -0.15) is 0 Å². The Hall–Kier alpha value is -1.62. The third kappa shape index (κ3) is 4.56. The molecule has 3 unspecified atom stereocenters. The Morgan fingerprint density at radius 2 is 1.65 bits per heavy atom. The van der Waals surface area contributed by atoms with E-state index in [9.17, 15) is 0 Å². The lowest BCUT2D eigenvalue weighted by atomic mass is 9.84. The molecule has 1 aliphatic rings. The van der Waals surface area contributed by atoms with E-state index in [1.54, 1.807) is 6.26 Å². The summed E-state index contributed by atoms with van der Waals surface area (Å²) in [6.07, 6.45) is 1.28. The highest BCUT2D eigenvalue weighted by atomic mass is 16.8. The van der Waals surface area contributed by atoms with Gasteiger partial charge in [-0.05, 0) is 43.9 Å². The molecular weight excluding hydrogens is 328 g/mol. The first kappa shape index (κ1) is 19.2. The largest absolute Gasteiger partial charge is 0.469 e. The maximum atomic E-state index is 6.33. The second kappa shape index (κ2) is 7.18. The molecule has 0 saturated heterocycles. The molecule has 4 heteroatoms. The number of hydrogen-bond acceptors (Lipinski definition) is 4. The van der Waals surface area contributed by atoms with Gasteiger partial charge in [-0.3, -0.25) is 0 Å². The van der Waals surface area contributed by atoms with Gasteiger partial charge in [0.1, 0.15) is 5.76 Å². The lowest BCUT2D eigenvalue weighted by molar-refractivity contribution is -0.283. The number of ether oxygens (including phenoxy) is 3. The molecule has 3 atom stereocenters. The van der Waals surface area contributed by atoms with Crippen molar-refractivity contribution >= 4 is 0 Å². The van der Waals surface area contributed by atoms with Gasteiger partial charge in [0.05, 0.1) is 24.4 Å². The molecule has 1 aliphatic heterocycles.